The second-order valence-electron chi connectivity index (χ2n) is 35.0. The van der Waals surface area contributed by atoms with Crippen LogP contribution in [0.4, 0.5) is 32.5 Å². The monoisotopic (exact) mass is 1780 g/mol. The zero-order valence-corrected chi connectivity index (χ0v) is 76.6. The molecule has 126 heavy (non-hydrogen) atoms. The molecule has 6 aliphatic heterocycles. The van der Waals surface area contributed by atoms with Gasteiger partial charge in [0.25, 0.3) is 0 Å². The molecule has 3 amide bonds. The van der Waals surface area contributed by atoms with Crippen molar-refractivity contribution in [3.05, 3.63) is 127 Å². The van der Waals surface area contributed by atoms with Gasteiger partial charge in [0.2, 0.25) is 17.7 Å². The first-order valence-corrected chi connectivity index (χ1v) is 46.7. The molecule has 672 valence electrons. The number of aromatic nitrogens is 18. The average molecular weight is 1780 g/mol. The fourth-order valence-corrected chi connectivity index (χ4v) is 19.7. The number of ether oxygens (including phenoxy) is 1. The van der Waals surface area contributed by atoms with E-state index in [0.29, 0.717) is 43.7 Å². The SMILES string of the molecule is COCCN1CCN(C(=O)Cn2cc(-c3cnc4c(Nc5cc(CN6CCCC(C)C6)ns5)nc(C)cn34)cn2)CC1.Cc1cn2c(-c3cnn(CC(=O)N4CCN(CCN(C)C)CC4)c3)cnc2c(Nc2cc(CN3CCCC(C)C3)ns2)n1.Cc1cn2c(-c3cnn(CC(=O)N4CCN(CCO)CC4)c3)cnc2c(Nc2cc(CN3CCCC(C)C3)ns2)n1. The minimum absolute atomic E-state index is 0.0479. The van der Waals surface area contributed by atoms with Gasteiger partial charge in [0, 0.05) is 205 Å². The molecule has 6 saturated heterocycles. The second-order valence-corrected chi connectivity index (χ2v) is 37.5. The maximum atomic E-state index is 13.0. The number of hydrogen-bond donors (Lipinski definition) is 4. The van der Waals surface area contributed by atoms with Gasteiger partial charge in [-0.25, -0.2) is 29.9 Å². The van der Waals surface area contributed by atoms with Crippen molar-refractivity contribution in [3.63, 3.8) is 0 Å². The van der Waals surface area contributed by atoms with Gasteiger partial charge in [-0.2, -0.15) is 28.4 Å². The lowest BCUT2D eigenvalue weighted by atomic mass is 10.0. The van der Waals surface area contributed by atoms with Gasteiger partial charge >= 0.3 is 0 Å². The molecule has 3 unspecified atom stereocenters. The first-order chi connectivity index (χ1) is 61.2. The van der Waals surface area contributed by atoms with Crippen molar-refractivity contribution >= 4 is 102 Å². The van der Waals surface area contributed by atoms with E-state index in [1.807, 2.05) is 104 Å². The number of likely N-dealkylation sites (tertiary alicyclic amines) is 3. The van der Waals surface area contributed by atoms with Crippen LogP contribution in [0, 0.1) is 38.5 Å². The molecule has 18 heterocycles. The minimum Gasteiger partial charge on any atom is -0.395 e. The number of nitrogens with one attached hydrogen (secondary N) is 3. The van der Waals surface area contributed by atoms with Crippen molar-refractivity contribution in [1.29, 1.82) is 0 Å². The third-order valence-electron chi connectivity index (χ3n) is 24.4. The third-order valence-corrected chi connectivity index (χ3v) is 26.6. The quantitative estimate of drug-likeness (QED) is 0.0341. The highest BCUT2D eigenvalue weighted by molar-refractivity contribution is 7.10. The molecule has 3 atom stereocenters. The predicted octanol–water partition coefficient (Wildman–Crippen LogP) is 8.63. The van der Waals surface area contributed by atoms with E-state index in [-0.39, 0.29) is 44.0 Å². The van der Waals surface area contributed by atoms with E-state index in [1.165, 1.54) is 73.1 Å². The van der Waals surface area contributed by atoms with E-state index < -0.39 is 0 Å². The van der Waals surface area contributed by atoms with Crippen molar-refractivity contribution in [2.75, 3.05) is 194 Å². The van der Waals surface area contributed by atoms with Crippen LogP contribution in [0.3, 0.4) is 0 Å². The molecule has 0 spiro atoms. The Hall–Kier alpha value is -10.2. The number of imidazole rings is 3. The number of piperidine rings is 3. The Morgan fingerprint density at radius 1 is 0.437 bits per heavy atom. The molecule has 0 saturated carbocycles. The largest absolute Gasteiger partial charge is 0.395 e. The van der Waals surface area contributed by atoms with Crippen molar-refractivity contribution in [1.82, 2.24) is 135 Å². The minimum atomic E-state index is 0.0479. The fraction of sp³-hybridized carbons (Fsp3) is 0.552. The number of aliphatic hydroxyl groups excluding tert-OH is 1. The van der Waals surface area contributed by atoms with E-state index in [2.05, 4.69) is 128 Å². The number of anilines is 6. The molecular formula is C87H121N31O5S3. The molecule has 12 aromatic heterocycles. The summed E-state index contributed by atoms with van der Waals surface area (Å²) in [5.41, 5.74) is 13.4. The normalized spacial score (nSPS) is 18.7. The number of hydrogen-bond acceptors (Lipinski definition) is 30. The average Bonchev–Trinajstić information content (AvgIpc) is 1.63. The zero-order valence-electron chi connectivity index (χ0n) is 74.2. The maximum absolute atomic E-state index is 13.0. The number of β-amino-alcohol motifs (C(OH)–C–C–N with tert-alkyl or cyclic N) is 1. The van der Waals surface area contributed by atoms with Crippen LogP contribution in [-0.2, 0) is 58.4 Å². The number of likely N-dealkylation sites (N-methyl/N-ethyl adjacent to an activating group) is 1. The summed E-state index contributed by atoms with van der Waals surface area (Å²) in [4.78, 5) is 89.6. The number of aliphatic hydroxyl groups is 1. The lowest BCUT2D eigenvalue weighted by molar-refractivity contribution is -0.134. The van der Waals surface area contributed by atoms with Gasteiger partial charge in [-0.05, 0) is 164 Å². The number of amides is 3. The van der Waals surface area contributed by atoms with Crippen LogP contribution in [0.1, 0.15) is 93.5 Å². The number of fused-ring (bicyclic) bond motifs is 3. The van der Waals surface area contributed by atoms with Gasteiger partial charge < -0.3 is 45.4 Å². The smallest absolute Gasteiger partial charge is 0.244 e. The van der Waals surface area contributed by atoms with Crippen molar-refractivity contribution in [3.8, 4) is 33.8 Å². The van der Waals surface area contributed by atoms with Crippen LogP contribution in [0.5, 0.6) is 0 Å². The highest BCUT2D eigenvalue weighted by atomic mass is 32.1. The summed E-state index contributed by atoms with van der Waals surface area (Å²) in [6.07, 6.45) is 30.2. The second kappa shape index (κ2) is 41.7. The molecule has 0 radical (unpaired) electrons. The maximum Gasteiger partial charge on any atom is 0.244 e. The van der Waals surface area contributed by atoms with Gasteiger partial charge in [0.1, 0.15) is 34.6 Å². The number of aryl methyl sites for hydroxylation is 3. The molecule has 36 nitrogen and oxygen atoms in total. The lowest BCUT2D eigenvalue weighted by Crippen LogP contribution is -2.50. The Bertz CT molecular complexity index is 5600. The highest BCUT2D eigenvalue weighted by Crippen LogP contribution is 2.34. The predicted molar refractivity (Wildman–Crippen MR) is 491 cm³/mol. The Morgan fingerprint density at radius 3 is 1.07 bits per heavy atom. The molecule has 4 N–H and O–H groups in total. The highest BCUT2D eigenvalue weighted by Gasteiger charge is 2.29. The van der Waals surface area contributed by atoms with Crippen molar-refractivity contribution in [2.24, 2.45) is 17.8 Å². The number of piperazine rings is 3. The Labute approximate surface area is 748 Å². The van der Waals surface area contributed by atoms with Gasteiger partial charge in [-0.1, -0.05) is 20.8 Å². The van der Waals surface area contributed by atoms with Crippen LogP contribution in [-0.4, -0.2) is 336 Å². The summed E-state index contributed by atoms with van der Waals surface area (Å²) in [5, 5.41) is 35.9. The molecule has 0 bridgehead atoms. The van der Waals surface area contributed by atoms with Crippen LogP contribution in [0.25, 0.3) is 50.7 Å². The number of carbonyl (C=O) groups is 3. The Balaban J connectivity index is 0.000000139. The third kappa shape index (κ3) is 23.0. The molecule has 0 aliphatic carbocycles. The van der Waals surface area contributed by atoms with Gasteiger partial charge in [-0.3, -0.25) is 71.0 Å². The topological polar surface area (TPSA) is 332 Å². The van der Waals surface area contributed by atoms with Crippen LogP contribution < -0.4 is 16.0 Å². The van der Waals surface area contributed by atoms with Crippen molar-refractivity contribution < 1.29 is 24.2 Å². The summed E-state index contributed by atoms with van der Waals surface area (Å²) < 4.78 is 30.5. The van der Waals surface area contributed by atoms with Crippen LogP contribution >= 0.6 is 34.6 Å². The molecule has 39 heteroatoms. The number of rotatable bonds is 29. The molecule has 0 aromatic carbocycles. The van der Waals surface area contributed by atoms with Crippen LogP contribution in [0.15, 0.2) is 92.6 Å². The van der Waals surface area contributed by atoms with E-state index in [1.54, 1.807) is 39.7 Å². The van der Waals surface area contributed by atoms with E-state index in [4.69, 9.17) is 43.5 Å². The van der Waals surface area contributed by atoms with E-state index in [9.17, 15) is 14.4 Å². The number of nitrogens with zero attached hydrogens (tertiary/aromatic N) is 28. The molecule has 18 rings (SSSR count). The molecular weight excluding hydrogens is 1660 g/mol. The lowest BCUT2D eigenvalue weighted by Gasteiger charge is -2.35. The van der Waals surface area contributed by atoms with Crippen molar-refractivity contribution in [2.45, 2.75) is 119 Å². The first-order valence-electron chi connectivity index (χ1n) is 44.4. The van der Waals surface area contributed by atoms with Gasteiger partial charge in [0.05, 0.1) is 102 Å². The summed E-state index contributed by atoms with van der Waals surface area (Å²) >= 11 is 4.36. The summed E-state index contributed by atoms with van der Waals surface area (Å²) in [7, 11) is 5.90. The van der Waals surface area contributed by atoms with Crippen LogP contribution in [0.2, 0.25) is 0 Å². The Kier molecular flexibility index (Phi) is 29.6. The van der Waals surface area contributed by atoms with Gasteiger partial charge in [-0.15, -0.1) is 0 Å². The number of carbonyl (C=O) groups excluding carboxylic acids is 3. The molecule has 12 aromatic rings. The summed E-state index contributed by atoms with van der Waals surface area (Å²) in [5.74, 6) is 4.53. The first kappa shape index (κ1) is 89.2. The number of methoxy groups -OCH3 is 1. The summed E-state index contributed by atoms with van der Waals surface area (Å²) in [6, 6.07) is 6.36. The zero-order chi connectivity index (χ0) is 87.3. The summed E-state index contributed by atoms with van der Waals surface area (Å²) in [6.45, 7) is 36.9. The van der Waals surface area contributed by atoms with Gasteiger partial charge in [0.15, 0.2) is 34.4 Å². The molecule has 6 aliphatic rings. The Morgan fingerprint density at radius 2 is 0.762 bits per heavy atom. The fourth-order valence-electron chi connectivity index (χ4n) is 17.7. The van der Waals surface area contributed by atoms with E-state index in [0.717, 1.165) is 262 Å². The standard InChI is InChI=1S/C30H43N11OS.C29H40N10O2S.C28H38N10O2S/c1-22-6-5-7-38(17-22)20-25-14-27(43-35-25)34-29-30-31-16-26(41(30)18-23(2)33-29)24-15-32-40(19-24)21-28(42)39-12-10-37(11-13-39)9-8-36(3)4;1-21-5-4-6-36(16-21)19-24-13-26(42-34-24)33-28-29-30-15-25(39(29)17-22(2)32-28)23-14-31-38(18-23)20-27(40)37-9-7-35(8-10-37)11-12-41-3;1-20-4-3-5-35(15-20)18-23-12-25(41-33-23)32-27-28-29-14-24(38(28)16-21(2)31-27)22-13-30-37(17-22)19-26(40)36-8-6-34(7-9-36)10-11-39/h14-16,18-19,22H,5-13,17,20-21H2,1-4H3,(H,33,34);13-15,17-18,21H,4-12,16,19-20H2,1-3H3,(H,32,33);12-14,16-17,20,39H,3-11,15,18-19H2,1-2H3,(H,31,32). The molecule has 6 fully saturated rings. The van der Waals surface area contributed by atoms with E-state index >= 15 is 0 Å².